The summed E-state index contributed by atoms with van der Waals surface area (Å²) in [4.78, 5) is 12.1. The van der Waals surface area contributed by atoms with E-state index < -0.39 is 11.7 Å². The number of benzene rings is 2. The zero-order valence-corrected chi connectivity index (χ0v) is 11.5. The summed E-state index contributed by atoms with van der Waals surface area (Å²) < 4.78 is 23.0. The fourth-order valence-electron chi connectivity index (χ4n) is 1.79. The predicted molar refractivity (Wildman–Crippen MR) is 75.6 cm³/mol. The van der Waals surface area contributed by atoms with E-state index in [4.69, 9.17) is 9.47 Å². The highest BCUT2D eigenvalue weighted by atomic mass is 19.1. The first-order chi connectivity index (χ1) is 10.0. The molecule has 2 rings (SSSR count). The molecule has 0 fully saturated rings. The molecule has 0 aliphatic heterocycles. The van der Waals surface area contributed by atoms with E-state index in [0.717, 1.165) is 0 Å². The van der Waals surface area contributed by atoms with E-state index in [0.29, 0.717) is 5.69 Å². The Labute approximate surface area is 120 Å². The third-order valence-corrected chi connectivity index (χ3v) is 2.85. The van der Waals surface area contributed by atoms with Crippen molar-refractivity contribution in [3.8, 4) is 17.2 Å². The van der Waals surface area contributed by atoms with E-state index in [9.17, 15) is 14.3 Å². The third-order valence-electron chi connectivity index (χ3n) is 2.85. The second kappa shape index (κ2) is 6.13. The summed E-state index contributed by atoms with van der Waals surface area (Å²) in [5.41, 5.74) is 0.568. The van der Waals surface area contributed by atoms with Gasteiger partial charge in [-0.05, 0) is 30.3 Å². The monoisotopic (exact) mass is 291 g/mol. The summed E-state index contributed by atoms with van der Waals surface area (Å²) in [7, 11) is 2.79. The summed E-state index contributed by atoms with van der Waals surface area (Å²) >= 11 is 0. The van der Waals surface area contributed by atoms with Crippen LogP contribution in [0.15, 0.2) is 36.4 Å². The van der Waals surface area contributed by atoms with Gasteiger partial charge in [0.05, 0.1) is 19.9 Å². The van der Waals surface area contributed by atoms with Gasteiger partial charge in [0.25, 0.3) is 5.91 Å². The number of carbonyl (C=O) groups excluding carboxylic acids is 1. The maximum atomic E-state index is 13.1. The Balaban J connectivity index is 2.24. The average Bonchev–Trinajstić information content (AvgIpc) is 2.48. The van der Waals surface area contributed by atoms with Gasteiger partial charge < -0.3 is 19.9 Å². The van der Waals surface area contributed by atoms with Crippen LogP contribution in [0.25, 0.3) is 0 Å². The fourth-order valence-corrected chi connectivity index (χ4v) is 1.79. The molecule has 0 atom stereocenters. The smallest absolute Gasteiger partial charge is 0.255 e. The molecule has 0 radical (unpaired) electrons. The van der Waals surface area contributed by atoms with Crippen LogP contribution in [0.3, 0.4) is 0 Å². The highest BCUT2D eigenvalue weighted by molar-refractivity contribution is 6.05. The molecule has 110 valence electrons. The lowest BCUT2D eigenvalue weighted by Gasteiger charge is -2.11. The molecule has 2 N–H and O–H groups in total. The number of phenols is 1. The number of nitrogens with one attached hydrogen (secondary N) is 1. The van der Waals surface area contributed by atoms with Crippen molar-refractivity contribution in [1.82, 2.24) is 0 Å². The summed E-state index contributed by atoms with van der Waals surface area (Å²) in [6, 6.07) is 8.04. The van der Waals surface area contributed by atoms with Crippen molar-refractivity contribution in [2.75, 3.05) is 19.5 Å². The molecular weight excluding hydrogens is 277 g/mol. The predicted octanol–water partition coefficient (Wildman–Crippen LogP) is 2.80. The molecule has 0 aliphatic rings. The quantitative estimate of drug-likeness (QED) is 0.909. The topological polar surface area (TPSA) is 67.8 Å². The number of aromatic hydroxyl groups is 1. The maximum Gasteiger partial charge on any atom is 0.255 e. The van der Waals surface area contributed by atoms with Gasteiger partial charge in [0.2, 0.25) is 0 Å². The molecule has 0 spiro atoms. The minimum absolute atomic E-state index is 0.142. The molecule has 0 bridgehead atoms. The van der Waals surface area contributed by atoms with E-state index >= 15 is 0 Å². The van der Waals surface area contributed by atoms with Gasteiger partial charge in [-0.3, -0.25) is 4.79 Å². The normalized spacial score (nSPS) is 10.0. The van der Waals surface area contributed by atoms with Gasteiger partial charge >= 0.3 is 0 Å². The number of anilines is 1. The van der Waals surface area contributed by atoms with Crippen LogP contribution in [0.1, 0.15) is 10.4 Å². The first kappa shape index (κ1) is 14.6. The summed E-state index contributed by atoms with van der Waals surface area (Å²) in [6.45, 7) is 0. The van der Waals surface area contributed by atoms with Crippen molar-refractivity contribution < 1.29 is 23.8 Å². The minimum Gasteiger partial charge on any atom is -0.504 e. The molecule has 6 heteroatoms. The van der Waals surface area contributed by atoms with Crippen molar-refractivity contribution in [3.63, 3.8) is 0 Å². The van der Waals surface area contributed by atoms with E-state index in [-0.39, 0.29) is 22.8 Å². The molecule has 0 heterocycles. The van der Waals surface area contributed by atoms with Crippen molar-refractivity contribution in [2.24, 2.45) is 0 Å². The molecule has 0 aliphatic carbocycles. The van der Waals surface area contributed by atoms with Crippen LogP contribution in [-0.4, -0.2) is 25.2 Å². The molecule has 0 unspecified atom stereocenters. The van der Waals surface area contributed by atoms with E-state index in [1.165, 1.54) is 50.6 Å². The largest absolute Gasteiger partial charge is 0.504 e. The minimum atomic E-state index is -0.466. The van der Waals surface area contributed by atoms with E-state index in [1.807, 2.05) is 0 Å². The first-order valence-electron chi connectivity index (χ1n) is 6.07. The van der Waals surface area contributed by atoms with Crippen molar-refractivity contribution in [3.05, 3.63) is 47.8 Å². The molecule has 21 heavy (non-hydrogen) atoms. The second-order valence-electron chi connectivity index (χ2n) is 4.19. The maximum absolute atomic E-state index is 13.1. The highest BCUT2D eigenvalue weighted by Crippen LogP contribution is 2.28. The van der Waals surface area contributed by atoms with Crippen LogP contribution >= 0.6 is 0 Å². The molecule has 0 saturated heterocycles. The first-order valence-corrected chi connectivity index (χ1v) is 6.07. The van der Waals surface area contributed by atoms with Crippen molar-refractivity contribution in [2.45, 2.75) is 0 Å². The van der Waals surface area contributed by atoms with Gasteiger partial charge in [0, 0.05) is 11.6 Å². The number of halogens is 1. The Kier molecular flexibility index (Phi) is 4.27. The Morgan fingerprint density at radius 1 is 1.10 bits per heavy atom. The molecule has 1 amide bonds. The number of hydrogen-bond donors (Lipinski definition) is 2. The lowest BCUT2D eigenvalue weighted by atomic mass is 10.2. The number of phenolic OH excluding ortho intramolecular Hbond substituents is 1. The van der Waals surface area contributed by atoms with Crippen molar-refractivity contribution >= 4 is 11.6 Å². The molecule has 0 saturated carbocycles. The molecule has 0 aromatic heterocycles. The number of rotatable bonds is 4. The number of ether oxygens (including phenoxy) is 2. The Bertz CT molecular complexity index is 673. The molecular formula is C15H14FNO4. The van der Waals surface area contributed by atoms with Gasteiger partial charge in [-0.15, -0.1) is 0 Å². The second-order valence-corrected chi connectivity index (χ2v) is 4.19. The van der Waals surface area contributed by atoms with Crippen LogP contribution < -0.4 is 14.8 Å². The van der Waals surface area contributed by atoms with Crippen molar-refractivity contribution in [1.29, 1.82) is 0 Å². The lowest BCUT2D eigenvalue weighted by molar-refractivity contribution is 0.102. The molecule has 2 aromatic rings. The van der Waals surface area contributed by atoms with Crippen LogP contribution in [0.5, 0.6) is 17.2 Å². The van der Waals surface area contributed by atoms with Gasteiger partial charge in [-0.2, -0.15) is 0 Å². The number of amides is 1. The molecule has 2 aromatic carbocycles. The molecule has 5 nitrogen and oxygen atoms in total. The zero-order valence-electron chi connectivity index (χ0n) is 11.5. The Morgan fingerprint density at radius 3 is 2.43 bits per heavy atom. The summed E-state index contributed by atoms with van der Waals surface area (Å²) in [5, 5.41) is 12.3. The van der Waals surface area contributed by atoms with E-state index in [1.54, 1.807) is 0 Å². The highest BCUT2D eigenvalue weighted by Gasteiger charge is 2.12. The number of carbonyl (C=O) groups is 1. The Hall–Kier alpha value is -2.76. The van der Waals surface area contributed by atoms with Gasteiger partial charge in [-0.1, -0.05) is 0 Å². The third kappa shape index (κ3) is 3.22. The standard InChI is InChI=1S/C15H14FNO4/c1-20-13-6-3-9(7-12(13)18)15(19)17-11-5-4-10(16)8-14(11)21-2/h3-8,18H,1-2H3,(H,17,19). The van der Waals surface area contributed by atoms with Gasteiger partial charge in [0.1, 0.15) is 11.6 Å². The number of methoxy groups -OCH3 is 2. The van der Waals surface area contributed by atoms with Crippen LogP contribution in [0.4, 0.5) is 10.1 Å². The van der Waals surface area contributed by atoms with Crippen LogP contribution in [0, 0.1) is 5.82 Å². The summed E-state index contributed by atoms with van der Waals surface area (Å²) in [5.74, 6) is -0.590. The van der Waals surface area contributed by atoms with E-state index in [2.05, 4.69) is 5.32 Å². The Morgan fingerprint density at radius 2 is 1.81 bits per heavy atom. The van der Waals surface area contributed by atoms with Crippen LogP contribution in [0.2, 0.25) is 0 Å². The SMILES string of the molecule is COc1ccc(C(=O)Nc2ccc(F)cc2OC)cc1O. The summed E-state index contributed by atoms with van der Waals surface area (Å²) in [6.07, 6.45) is 0. The van der Waals surface area contributed by atoms with Crippen LogP contribution in [-0.2, 0) is 0 Å². The average molecular weight is 291 g/mol. The van der Waals surface area contributed by atoms with Gasteiger partial charge in [0.15, 0.2) is 11.5 Å². The van der Waals surface area contributed by atoms with Gasteiger partial charge in [-0.25, -0.2) is 4.39 Å². The number of hydrogen-bond acceptors (Lipinski definition) is 4. The lowest BCUT2D eigenvalue weighted by Crippen LogP contribution is -2.12. The zero-order chi connectivity index (χ0) is 15.4. The fraction of sp³-hybridized carbons (Fsp3) is 0.133.